The van der Waals surface area contributed by atoms with Crippen molar-refractivity contribution in [2.75, 3.05) is 0 Å². The Bertz CT molecular complexity index is 487. The summed E-state index contributed by atoms with van der Waals surface area (Å²) < 4.78 is 0. The topological polar surface area (TPSA) is 27.6 Å². The Hall–Kier alpha value is -1.97. The molecule has 0 fully saturated rings. The standard InChI is InChI=1S/C12H12BN3/c13-10-6-4-9(5-7-10)12-14-11-3-1-2-8-16(11)15-12/h1-8,11H,13H2,(H,14,15). The lowest BCUT2D eigenvalue weighted by atomic mass is 9.95. The average Bonchev–Trinajstić information content (AvgIpc) is 2.73. The third kappa shape index (κ3) is 1.52. The largest absolute Gasteiger partial charge is 0.343 e. The van der Waals surface area contributed by atoms with E-state index >= 15 is 0 Å². The first kappa shape index (κ1) is 9.27. The third-order valence-corrected chi connectivity index (χ3v) is 2.75. The maximum atomic E-state index is 4.51. The number of hydrazone groups is 1. The molecule has 1 atom stereocenters. The van der Waals surface area contributed by atoms with Crippen LogP contribution in [0.3, 0.4) is 0 Å². The number of nitrogens with zero attached hydrogens (tertiary/aromatic N) is 2. The van der Waals surface area contributed by atoms with Crippen LogP contribution in [0, 0.1) is 0 Å². The number of rotatable bonds is 1. The van der Waals surface area contributed by atoms with E-state index < -0.39 is 0 Å². The van der Waals surface area contributed by atoms with Crippen molar-refractivity contribution in [3.05, 3.63) is 54.3 Å². The van der Waals surface area contributed by atoms with E-state index in [9.17, 15) is 0 Å². The molecule has 0 saturated heterocycles. The molecule has 1 aromatic rings. The van der Waals surface area contributed by atoms with Crippen molar-refractivity contribution in [1.29, 1.82) is 0 Å². The smallest absolute Gasteiger partial charge is 0.155 e. The molecule has 2 aliphatic heterocycles. The van der Waals surface area contributed by atoms with Gasteiger partial charge >= 0.3 is 0 Å². The van der Waals surface area contributed by atoms with E-state index in [4.69, 9.17) is 0 Å². The van der Waals surface area contributed by atoms with Crippen LogP contribution in [-0.2, 0) is 0 Å². The van der Waals surface area contributed by atoms with Crippen molar-refractivity contribution in [3.8, 4) is 0 Å². The summed E-state index contributed by atoms with van der Waals surface area (Å²) in [6.07, 6.45) is 8.24. The number of hydrogen-bond acceptors (Lipinski definition) is 3. The molecule has 0 bridgehead atoms. The van der Waals surface area contributed by atoms with Gasteiger partial charge in [0.25, 0.3) is 0 Å². The Labute approximate surface area is 95.6 Å². The van der Waals surface area contributed by atoms with Crippen molar-refractivity contribution in [1.82, 2.24) is 10.3 Å². The van der Waals surface area contributed by atoms with Crippen molar-refractivity contribution >= 4 is 19.1 Å². The van der Waals surface area contributed by atoms with Crippen molar-refractivity contribution in [3.63, 3.8) is 0 Å². The van der Waals surface area contributed by atoms with Crippen LogP contribution in [0.25, 0.3) is 0 Å². The zero-order chi connectivity index (χ0) is 11.0. The highest BCUT2D eigenvalue weighted by Crippen LogP contribution is 2.14. The predicted molar refractivity (Wildman–Crippen MR) is 68.2 cm³/mol. The fourth-order valence-corrected chi connectivity index (χ4v) is 1.83. The van der Waals surface area contributed by atoms with Gasteiger partial charge in [0.2, 0.25) is 0 Å². The molecule has 4 heteroatoms. The summed E-state index contributed by atoms with van der Waals surface area (Å²) in [5.41, 5.74) is 2.39. The van der Waals surface area contributed by atoms with Crippen molar-refractivity contribution in [2.24, 2.45) is 5.10 Å². The van der Waals surface area contributed by atoms with Crippen LogP contribution >= 0.6 is 0 Å². The van der Waals surface area contributed by atoms with E-state index in [1.165, 1.54) is 5.46 Å². The van der Waals surface area contributed by atoms with E-state index in [0.29, 0.717) is 0 Å². The molecule has 3 rings (SSSR count). The van der Waals surface area contributed by atoms with Gasteiger partial charge in [-0.3, -0.25) is 0 Å². The van der Waals surface area contributed by atoms with Gasteiger partial charge < -0.3 is 5.32 Å². The quantitative estimate of drug-likeness (QED) is 0.655. The van der Waals surface area contributed by atoms with Crippen LogP contribution in [0.1, 0.15) is 5.56 Å². The van der Waals surface area contributed by atoms with Crippen LogP contribution < -0.4 is 10.8 Å². The Balaban J connectivity index is 1.90. The first-order valence-electron chi connectivity index (χ1n) is 5.38. The second-order valence-corrected chi connectivity index (χ2v) is 4.01. The Kier molecular flexibility index (Phi) is 2.06. The molecule has 0 spiro atoms. The molecule has 1 N–H and O–H groups in total. The highest BCUT2D eigenvalue weighted by molar-refractivity contribution is 6.32. The summed E-state index contributed by atoms with van der Waals surface area (Å²) in [4.78, 5) is 0. The molecule has 2 heterocycles. The molecule has 3 nitrogen and oxygen atoms in total. The Morgan fingerprint density at radius 1 is 1.19 bits per heavy atom. The summed E-state index contributed by atoms with van der Waals surface area (Å²) in [6.45, 7) is 0. The van der Waals surface area contributed by atoms with E-state index in [-0.39, 0.29) is 6.17 Å². The minimum absolute atomic E-state index is 0.168. The fraction of sp³-hybridized carbons (Fsp3) is 0.0833. The van der Waals surface area contributed by atoms with Gasteiger partial charge in [0.15, 0.2) is 5.84 Å². The second-order valence-electron chi connectivity index (χ2n) is 4.01. The summed E-state index contributed by atoms with van der Waals surface area (Å²) in [7, 11) is 2.09. The summed E-state index contributed by atoms with van der Waals surface area (Å²) in [6, 6.07) is 8.38. The minimum atomic E-state index is 0.168. The van der Waals surface area contributed by atoms with Crippen LogP contribution in [0.2, 0.25) is 0 Å². The van der Waals surface area contributed by atoms with E-state index in [1.54, 1.807) is 0 Å². The number of benzene rings is 1. The molecule has 1 unspecified atom stereocenters. The van der Waals surface area contributed by atoms with Crippen LogP contribution in [0.5, 0.6) is 0 Å². The first-order valence-corrected chi connectivity index (χ1v) is 5.38. The lowest BCUT2D eigenvalue weighted by Crippen LogP contribution is -2.34. The zero-order valence-electron chi connectivity index (χ0n) is 9.09. The van der Waals surface area contributed by atoms with Crippen molar-refractivity contribution < 1.29 is 0 Å². The zero-order valence-corrected chi connectivity index (χ0v) is 9.09. The lowest BCUT2D eigenvalue weighted by molar-refractivity contribution is 0.349. The predicted octanol–water partition coefficient (Wildman–Crippen LogP) is -0.0786. The van der Waals surface area contributed by atoms with Crippen LogP contribution in [-0.4, -0.2) is 24.9 Å². The molecular weight excluding hydrogens is 197 g/mol. The Morgan fingerprint density at radius 3 is 2.75 bits per heavy atom. The van der Waals surface area contributed by atoms with E-state index in [1.807, 2.05) is 23.4 Å². The summed E-state index contributed by atoms with van der Waals surface area (Å²) >= 11 is 0. The normalized spacial score (nSPS) is 21.6. The minimum Gasteiger partial charge on any atom is -0.343 e. The van der Waals surface area contributed by atoms with Gasteiger partial charge in [-0.2, -0.15) is 5.10 Å². The molecular formula is C12H12BN3. The summed E-state index contributed by atoms with van der Waals surface area (Å²) in [5, 5.41) is 9.80. The maximum Gasteiger partial charge on any atom is 0.155 e. The Morgan fingerprint density at radius 2 is 2.00 bits per heavy atom. The molecule has 78 valence electrons. The molecule has 0 amide bonds. The van der Waals surface area contributed by atoms with Gasteiger partial charge in [0, 0.05) is 11.8 Å². The number of allylic oxidation sites excluding steroid dienone is 2. The molecule has 2 aliphatic rings. The number of fused-ring (bicyclic) bond motifs is 1. The molecule has 0 aliphatic carbocycles. The van der Waals surface area contributed by atoms with E-state index in [0.717, 1.165) is 11.4 Å². The second kappa shape index (κ2) is 3.56. The number of amidine groups is 1. The van der Waals surface area contributed by atoms with Gasteiger partial charge in [-0.1, -0.05) is 35.8 Å². The number of hydrogen-bond donors (Lipinski definition) is 1. The number of nitrogens with one attached hydrogen (secondary N) is 1. The van der Waals surface area contributed by atoms with Crippen LogP contribution in [0.15, 0.2) is 53.8 Å². The van der Waals surface area contributed by atoms with Gasteiger partial charge in [0.05, 0.1) is 0 Å². The lowest BCUT2D eigenvalue weighted by Gasteiger charge is -2.18. The molecule has 1 aromatic carbocycles. The molecule has 0 aromatic heterocycles. The third-order valence-electron chi connectivity index (χ3n) is 2.75. The summed E-state index contributed by atoms with van der Waals surface area (Å²) in [5.74, 6) is 0.932. The van der Waals surface area contributed by atoms with Gasteiger partial charge in [0.1, 0.15) is 14.0 Å². The van der Waals surface area contributed by atoms with Gasteiger partial charge in [-0.15, -0.1) is 0 Å². The van der Waals surface area contributed by atoms with Crippen LogP contribution in [0.4, 0.5) is 0 Å². The van der Waals surface area contributed by atoms with Gasteiger partial charge in [-0.05, 0) is 12.2 Å². The SMILES string of the molecule is Bc1ccc(C2=NN3C=CC=CC3N2)cc1. The monoisotopic (exact) mass is 209 g/mol. The highest BCUT2D eigenvalue weighted by Gasteiger charge is 2.23. The maximum absolute atomic E-state index is 4.51. The fourth-order valence-electron chi connectivity index (χ4n) is 1.83. The highest BCUT2D eigenvalue weighted by atomic mass is 15.6. The van der Waals surface area contributed by atoms with Gasteiger partial charge in [-0.25, -0.2) is 5.01 Å². The van der Waals surface area contributed by atoms with Crippen molar-refractivity contribution in [2.45, 2.75) is 6.17 Å². The molecule has 0 radical (unpaired) electrons. The average molecular weight is 209 g/mol. The van der Waals surface area contributed by atoms with E-state index in [2.05, 4.69) is 48.6 Å². The molecule has 0 saturated carbocycles. The molecule has 16 heavy (non-hydrogen) atoms. The first-order chi connectivity index (χ1) is 7.83.